The molecule has 0 aliphatic rings. The van der Waals surface area contributed by atoms with Crippen LogP contribution in [0.5, 0.6) is 0 Å². The van der Waals surface area contributed by atoms with Gasteiger partial charge in [0.15, 0.2) is 19.1 Å². The summed E-state index contributed by atoms with van der Waals surface area (Å²) < 4.78 is 9.45. The molecule has 92 valence electrons. The smallest absolute Gasteiger partial charge is 0.321 e. The quantitative estimate of drug-likeness (QED) is 0.378. The van der Waals surface area contributed by atoms with Gasteiger partial charge in [0.1, 0.15) is 0 Å². The maximum absolute atomic E-state index is 11.5. The third-order valence-electron chi connectivity index (χ3n) is 2.01. The van der Waals surface area contributed by atoms with E-state index in [4.69, 9.17) is 22.3 Å². The third-order valence-corrected chi connectivity index (χ3v) is 2.01. The molecule has 0 bridgehead atoms. The molecular formula is C13H16O4. The Hall–Kier alpha value is -1.94. The van der Waals surface area contributed by atoms with E-state index in [-0.39, 0.29) is 13.2 Å². The molecule has 0 amide bonds. The third kappa shape index (κ3) is 6.27. The molecule has 0 aromatic rings. The topological polar surface area (TPSA) is 52.6 Å². The molecule has 0 aliphatic carbocycles. The summed E-state index contributed by atoms with van der Waals surface area (Å²) in [5.74, 6) is 2.09. The van der Waals surface area contributed by atoms with Gasteiger partial charge in [-0.25, -0.2) is 0 Å². The van der Waals surface area contributed by atoms with Gasteiger partial charge >= 0.3 is 11.9 Å². The molecule has 0 saturated carbocycles. The van der Waals surface area contributed by atoms with E-state index in [0.29, 0.717) is 6.42 Å². The van der Waals surface area contributed by atoms with Gasteiger partial charge in [-0.2, -0.15) is 0 Å². The number of carbonyl (C=O) groups is 2. The highest BCUT2D eigenvalue weighted by Crippen LogP contribution is 2.12. The number of esters is 2. The van der Waals surface area contributed by atoms with Crippen molar-refractivity contribution < 1.29 is 19.1 Å². The number of hydrogen-bond acceptors (Lipinski definition) is 4. The number of ether oxygens (including phenoxy) is 2. The number of carbonyl (C=O) groups excluding carboxylic acids is 2. The van der Waals surface area contributed by atoms with E-state index in [1.165, 1.54) is 0 Å². The average Bonchev–Trinajstić information content (AvgIpc) is 2.34. The van der Waals surface area contributed by atoms with E-state index >= 15 is 0 Å². The minimum absolute atomic E-state index is 0.149. The van der Waals surface area contributed by atoms with Crippen molar-refractivity contribution >= 4 is 11.9 Å². The largest absolute Gasteiger partial charge is 0.452 e. The van der Waals surface area contributed by atoms with Crippen LogP contribution in [0.4, 0.5) is 0 Å². The van der Waals surface area contributed by atoms with Gasteiger partial charge in [0.25, 0.3) is 0 Å². The Morgan fingerprint density at radius 3 is 1.94 bits per heavy atom. The lowest BCUT2D eigenvalue weighted by atomic mass is 10.0. The molecule has 0 heterocycles. The zero-order chi connectivity index (χ0) is 13.1. The minimum atomic E-state index is -0.934. The summed E-state index contributed by atoms with van der Waals surface area (Å²) in [7, 11) is 0. The van der Waals surface area contributed by atoms with Crippen LogP contribution in [-0.4, -0.2) is 25.2 Å². The molecule has 4 heteroatoms. The Bertz CT molecular complexity index is 302. The maximum Gasteiger partial charge on any atom is 0.321 e. The van der Waals surface area contributed by atoms with E-state index in [9.17, 15) is 9.59 Å². The molecule has 17 heavy (non-hydrogen) atoms. The first-order valence-corrected chi connectivity index (χ1v) is 5.37. The lowest BCUT2D eigenvalue weighted by Gasteiger charge is -2.13. The summed E-state index contributed by atoms with van der Waals surface area (Å²) in [6.45, 7) is 1.66. The first-order valence-electron chi connectivity index (χ1n) is 5.37. The fourth-order valence-electron chi connectivity index (χ4n) is 1.17. The molecule has 0 N–H and O–H groups in total. The molecule has 0 unspecified atom stereocenters. The molecule has 0 atom stereocenters. The Kier molecular flexibility index (Phi) is 8.24. The SMILES string of the molecule is C#CCOC(=O)C(CCCC)C(=O)OCC#C. The predicted molar refractivity (Wildman–Crippen MR) is 62.6 cm³/mol. The summed E-state index contributed by atoms with van der Waals surface area (Å²) in [4.78, 5) is 23.1. The molecule has 0 saturated heterocycles. The number of hydrogen-bond donors (Lipinski definition) is 0. The second kappa shape index (κ2) is 9.30. The maximum atomic E-state index is 11.5. The fraction of sp³-hybridized carbons (Fsp3) is 0.538. The van der Waals surface area contributed by atoms with Crippen LogP contribution < -0.4 is 0 Å². The van der Waals surface area contributed by atoms with Crippen LogP contribution in [0.3, 0.4) is 0 Å². The molecule has 0 aromatic carbocycles. The normalized spacial score (nSPS) is 9.18. The van der Waals surface area contributed by atoms with Crippen LogP contribution in [0.15, 0.2) is 0 Å². The summed E-state index contributed by atoms with van der Waals surface area (Å²) >= 11 is 0. The molecule has 0 rings (SSSR count). The van der Waals surface area contributed by atoms with Crippen molar-refractivity contribution in [2.24, 2.45) is 5.92 Å². The highest BCUT2D eigenvalue weighted by molar-refractivity contribution is 5.94. The number of terminal acetylenes is 2. The van der Waals surface area contributed by atoms with Crippen molar-refractivity contribution in [1.82, 2.24) is 0 Å². The predicted octanol–water partition coefficient (Wildman–Crippen LogP) is 1.15. The summed E-state index contributed by atoms with van der Waals surface area (Å²) in [5, 5.41) is 0. The monoisotopic (exact) mass is 236 g/mol. The summed E-state index contributed by atoms with van der Waals surface area (Å²) in [6.07, 6.45) is 11.9. The van der Waals surface area contributed by atoms with Crippen molar-refractivity contribution in [1.29, 1.82) is 0 Å². The van der Waals surface area contributed by atoms with Crippen LogP contribution in [0, 0.1) is 30.6 Å². The fourth-order valence-corrected chi connectivity index (χ4v) is 1.17. The highest BCUT2D eigenvalue weighted by atomic mass is 16.6. The molecule has 0 aliphatic heterocycles. The second-order valence-electron chi connectivity index (χ2n) is 3.32. The van der Waals surface area contributed by atoms with E-state index in [1.54, 1.807) is 0 Å². The van der Waals surface area contributed by atoms with Crippen LogP contribution in [0.1, 0.15) is 26.2 Å². The summed E-state index contributed by atoms with van der Waals surface area (Å²) in [6, 6.07) is 0. The van der Waals surface area contributed by atoms with Gasteiger partial charge in [0, 0.05) is 0 Å². The van der Waals surface area contributed by atoms with Crippen molar-refractivity contribution in [3.05, 3.63) is 0 Å². The Labute approximate surface area is 102 Å². The van der Waals surface area contributed by atoms with Gasteiger partial charge in [-0.3, -0.25) is 9.59 Å². The van der Waals surface area contributed by atoms with Crippen LogP contribution >= 0.6 is 0 Å². The molecule has 0 radical (unpaired) electrons. The Morgan fingerprint density at radius 2 is 1.59 bits per heavy atom. The average molecular weight is 236 g/mol. The Balaban J connectivity index is 4.41. The number of unbranched alkanes of at least 4 members (excludes halogenated alkanes) is 1. The molecule has 0 spiro atoms. The van der Waals surface area contributed by atoms with Crippen molar-refractivity contribution in [2.45, 2.75) is 26.2 Å². The second-order valence-corrected chi connectivity index (χ2v) is 3.32. The first-order chi connectivity index (χ1) is 8.17. The standard InChI is InChI=1S/C13H16O4/c1-4-7-8-11(12(14)16-9-5-2)13(15)17-10-6-3/h2-3,11H,4,7-10H2,1H3. The minimum Gasteiger partial charge on any atom is -0.452 e. The lowest BCUT2D eigenvalue weighted by Crippen LogP contribution is -2.28. The van der Waals surface area contributed by atoms with Crippen molar-refractivity contribution in [3.63, 3.8) is 0 Å². The van der Waals surface area contributed by atoms with E-state index < -0.39 is 17.9 Å². The van der Waals surface area contributed by atoms with Crippen molar-refractivity contribution in [3.8, 4) is 24.7 Å². The zero-order valence-electron chi connectivity index (χ0n) is 9.90. The van der Waals surface area contributed by atoms with Gasteiger partial charge < -0.3 is 9.47 Å². The molecule has 0 fully saturated rings. The highest BCUT2D eigenvalue weighted by Gasteiger charge is 2.28. The van der Waals surface area contributed by atoms with Gasteiger partial charge in [-0.05, 0) is 6.42 Å². The first kappa shape index (κ1) is 15.1. The number of rotatable bonds is 7. The van der Waals surface area contributed by atoms with E-state index in [2.05, 4.69) is 11.8 Å². The van der Waals surface area contributed by atoms with Crippen LogP contribution in [-0.2, 0) is 19.1 Å². The zero-order valence-corrected chi connectivity index (χ0v) is 9.90. The molecule has 0 aromatic heterocycles. The van der Waals surface area contributed by atoms with Crippen molar-refractivity contribution in [2.75, 3.05) is 13.2 Å². The van der Waals surface area contributed by atoms with E-state index in [0.717, 1.165) is 12.8 Å². The van der Waals surface area contributed by atoms with Gasteiger partial charge in [0.05, 0.1) is 0 Å². The van der Waals surface area contributed by atoms with Crippen LogP contribution in [0.2, 0.25) is 0 Å². The Morgan fingerprint density at radius 1 is 1.12 bits per heavy atom. The van der Waals surface area contributed by atoms with Crippen LogP contribution in [0.25, 0.3) is 0 Å². The summed E-state index contributed by atoms with van der Waals surface area (Å²) in [5.41, 5.74) is 0. The van der Waals surface area contributed by atoms with E-state index in [1.807, 2.05) is 6.92 Å². The van der Waals surface area contributed by atoms with Gasteiger partial charge in [-0.1, -0.05) is 31.6 Å². The molecule has 4 nitrogen and oxygen atoms in total. The molecular weight excluding hydrogens is 220 g/mol. The lowest BCUT2D eigenvalue weighted by molar-refractivity contribution is -0.160. The van der Waals surface area contributed by atoms with Gasteiger partial charge in [-0.15, -0.1) is 12.8 Å². The van der Waals surface area contributed by atoms with Gasteiger partial charge in [0.2, 0.25) is 0 Å².